The summed E-state index contributed by atoms with van der Waals surface area (Å²) in [7, 11) is 0. The van der Waals surface area contributed by atoms with Crippen LogP contribution >= 0.6 is 15.9 Å². The lowest BCUT2D eigenvalue weighted by molar-refractivity contribution is 0.292. The molecular weight excluding hydrogens is 337 g/mol. The number of hydrogen-bond donors (Lipinski definition) is 1. The summed E-state index contributed by atoms with van der Waals surface area (Å²) in [4.78, 5) is 8.71. The molecule has 4 nitrogen and oxygen atoms in total. The number of aryl methyl sites for hydroxylation is 1. The van der Waals surface area contributed by atoms with Crippen LogP contribution in [-0.4, -0.2) is 16.5 Å². The predicted molar refractivity (Wildman–Crippen MR) is 84.0 cm³/mol. The zero-order valence-corrected chi connectivity index (χ0v) is 13.6. The van der Waals surface area contributed by atoms with Crippen molar-refractivity contribution in [3.63, 3.8) is 0 Å². The van der Waals surface area contributed by atoms with E-state index in [2.05, 4.69) is 38.1 Å². The number of rotatable bonds is 6. The molecule has 0 aliphatic heterocycles. The molecule has 0 fully saturated rings. The van der Waals surface area contributed by atoms with Gasteiger partial charge in [-0.25, -0.2) is 14.4 Å². The maximum absolute atomic E-state index is 13.2. The van der Waals surface area contributed by atoms with Crippen molar-refractivity contribution in [1.82, 2.24) is 9.97 Å². The Balaban J connectivity index is 2.08. The van der Waals surface area contributed by atoms with E-state index in [0.29, 0.717) is 16.0 Å². The highest BCUT2D eigenvalue weighted by Crippen LogP contribution is 2.26. The lowest BCUT2D eigenvalue weighted by atomic mass is 10.3. The van der Waals surface area contributed by atoms with Gasteiger partial charge in [-0.1, -0.05) is 6.92 Å². The zero-order valence-electron chi connectivity index (χ0n) is 12.0. The molecule has 6 heteroatoms. The molecule has 1 aromatic heterocycles. The van der Waals surface area contributed by atoms with Crippen LogP contribution in [0, 0.1) is 12.7 Å². The molecule has 0 saturated heterocycles. The Kier molecular flexibility index (Phi) is 5.50. The van der Waals surface area contributed by atoms with Gasteiger partial charge in [0.25, 0.3) is 0 Å². The van der Waals surface area contributed by atoms with Gasteiger partial charge in [0.15, 0.2) is 5.82 Å². The van der Waals surface area contributed by atoms with E-state index in [1.807, 2.05) is 13.0 Å². The van der Waals surface area contributed by atoms with Crippen molar-refractivity contribution in [1.29, 1.82) is 0 Å². The van der Waals surface area contributed by atoms with Crippen molar-refractivity contribution in [2.24, 2.45) is 0 Å². The molecule has 0 atom stereocenters. The topological polar surface area (TPSA) is 47.0 Å². The molecule has 1 N–H and O–H groups in total. The number of benzene rings is 1. The highest BCUT2D eigenvalue weighted by molar-refractivity contribution is 9.10. The van der Waals surface area contributed by atoms with Crippen molar-refractivity contribution >= 4 is 21.7 Å². The number of anilines is 1. The van der Waals surface area contributed by atoms with Crippen LogP contribution in [0.25, 0.3) is 0 Å². The van der Waals surface area contributed by atoms with E-state index in [-0.39, 0.29) is 12.4 Å². The molecule has 0 spiro atoms. The van der Waals surface area contributed by atoms with Gasteiger partial charge in [0.2, 0.25) is 0 Å². The Morgan fingerprint density at radius 3 is 2.86 bits per heavy atom. The molecule has 0 unspecified atom stereocenters. The van der Waals surface area contributed by atoms with Gasteiger partial charge in [-0.3, -0.25) is 0 Å². The van der Waals surface area contributed by atoms with Gasteiger partial charge in [0.1, 0.15) is 24.0 Å². The number of nitrogens with one attached hydrogen (secondary N) is 1. The summed E-state index contributed by atoms with van der Waals surface area (Å²) in [6.45, 7) is 5.03. The molecule has 1 aromatic carbocycles. The monoisotopic (exact) mass is 353 g/mol. The van der Waals surface area contributed by atoms with Gasteiger partial charge < -0.3 is 10.1 Å². The van der Waals surface area contributed by atoms with E-state index < -0.39 is 0 Å². The lowest BCUT2D eigenvalue weighted by Gasteiger charge is -2.10. The van der Waals surface area contributed by atoms with Crippen LogP contribution in [0.2, 0.25) is 0 Å². The Morgan fingerprint density at radius 1 is 1.29 bits per heavy atom. The van der Waals surface area contributed by atoms with Gasteiger partial charge in [0, 0.05) is 24.4 Å². The second kappa shape index (κ2) is 7.36. The van der Waals surface area contributed by atoms with Gasteiger partial charge >= 0.3 is 0 Å². The summed E-state index contributed by atoms with van der Waals surface area (Å²) in [6, 6.07) is 6.19. The molecule has 0 saturated carbocycles. The highest BCUT2D eigenvalue weighted by atomic mass is 79.9. The summed E-state index contributed by atoms with van der Waals surface area (Å²) in [5.74, 6) is 1.43. The van der Waals surface area contributed by atoms with Crippen molar-refractivity contribution < 1.29 is 9.13 Å². The van der Waals surface area contributed by atoms with Crippen LogP contribution in [0.5, 0.6) is 5.75 Å². The highest BCUT2D eigenvalue weighted by Gasteiger charge is 2.06. The average Bonchev–Trinajstić information content (AvgIpc) is 2.45. The van der Waals surface area contributed by atoms with Gasteiger partial charge in [-0.05, 0) is 41.4 Å². The number of hydrogen-bond acceptors (Lipinski definition) is 4. The Morgan fingerprint density at radius 2 is 2.10 bits per heavy atom. The molecule has 0 aliphatic rings. The number of nitrogens with zero attached hydrogens (tertiary/aromatic N) is 2. The Hall–Kier alpha value is -1.69. The molecular formula is C15H17BrFN3O. The summed E-state index contributed by atoms with van der Waals surface area (Å²) in [5, 5.41) is 3.22. The molecule has 21 heavy (non-hydrogen) atoms. The van der Waals surface area contributed by atoms with Crippen LogP contribution in [0.4, 0.5) is 10.2 Å². The van der Waals surface area contributed by atoms with Crippen molar-refractivity contribution in [2.75, 3.05) is 11.9 Å². The first kappa shape index (κ1) is 15.7. The third-order valence-corrected chi connectivity index (χ3v) is 3.36. The van der Waals surface area contributed by atoms with E-state index in [9.17, 15) is 4.39 Å². The van der Waals surface area contributed by atoms with Crippen LogP contribution in [-0.2, 0) is 6.61 Å². The normalized spacial score (nSPS) is 10.5. The minimum atomic E-state index is -0.344. The number of halogens is 2. The zero-order chi connectivity index (χ0) is 15.2. The first-order chi connectivity index (χ1) is 10.1. The fourth-order valence-corrected chi connectivity index (χ4v) is 2.13. The molecule has 0 aliphatic carbocycles. The molecule has 2 aromatic rings. The lowest BCUT2D eigenvalue weighted by Crippen LogP contribution is -2.08. The van der Waals surface area contributed by atoms with Gasteiger partial charge in [-0.15, -0.1) is 0 Å². The number of aromatic nitrogens is 2. The third kappa shape index (κ3) is 4.67. The van der Waals surface area contributed by atoms with Crippen LogP contribution in [0.1, 0.15) is 24.9 Å². The third-order valence-electron chi connectivity index (χ3n) is 2.71. The molecule has 2 rings (SSSR count). The fourth-order valence-electron chi connectivity index (χ4n) is 1.77. The van der Waals surface area contributed by atoms with E-state index in [1.54, 1.807) is 6.07 Å². The van der Waals surface area contributed by atoms with Crippen LogP contribution in [0.3, 0.4) is 0 Å². The van der Waals surface area contributed by atoms with Crippen molar-refractivity contribution in [3.8, 4) is 5.75 Å². The molecule has 0 bridgehead atoms. The summed E-state index contributed by atoms with van der Waals surface area (Å²) in [6.07, 6.45) is 1.02. The minimum Gasteiger partial charge on any atom is -0.484 e. The summed E-state index contributed by atoms with van der Waals surface area (Å²) < 4.78 is 19.5. The summed E-state index contributed by atoms with van der Waals surface area (Å²) >= 11 is 3.32. The standard InChI is InChI=1S/C15H17BrFN3O/c1-3-6-18-14-7-10(2)19-15(20-14)9-21-13-8-11(17)4-5-12(13)16/h4-5,7-8H,3,6,9H2,1-2H3,(H,18,19,20). The van der Waals surface area contributed by atoms with E-state index >= 15 is 0 Å². The first-order valence-electron chi connectivity index (χ1n) is 6.74. The van der Waals surface area contributed by atoms with Crippen molar-refractivity contribution in [2.45, 2.75) is 26.9 Å². The Bertz CT molecular complexity index is 622. The van der Waals surface area contributed by atoms with Crippen LogP contribution < -0.4 is 10.1 Å². The largest absolute Gasteiger partial charge is 0.484 e. The second-order valence-corrected chi connectivity index (χ2v) is 5.46. The molecule has 0 radical (unpaired) electrons. The maximum Gasteiger partial charge on any atom is 0.168 e. The smallest absolute Gasteiger partial charge is 0.168 e. The van der Waals surface area contributed by atoms with Gasteiger partial charge in [-0.2, -0.15) is 0 Å². The fraction of sp³-hybridized carbons (Fsp3) is 0.333. The van der Waals surface area contributed by atoms with Crippen molar-refractivity contribution in [3.05, 3.63) is 46.1 Å². The molecule has 112 valence electrons. The first-order valence-corrected chi connectivity index (χ1v) is 7.54. The van der Waals surface area contributed by atoms with E-state index in [4.69, 9.17) is 4.74 Å². The van der Waals surface area contributed by atoms with E-state index in [0.717, 1.165) is 24.5 Å². The summed E-state index contributed by atoms with van der Waals surface area (Å²) in [5.41, 5.74) is 0.862. The molecule has 0 amide bonds. The maximum atomic E-state index is 13.2. The minimum absolute atomic E-state index is 0.185. The van der Waals surface area contributed by atoms with Gasteiger partial charge in [0.05, 0.1) is 4.47 Å². The predicted octanol–water partition coefficient (Wildman–Crippen LogP) is 4.09. The second-order valence-electron chi connectivity index (χ2n) is 4.60. The Labute approximate surface area is 131 Å². The average molecular weight is 354 g/mol. The SMILES string of the molecule is CCCNc1cc(C)nc(COc2cc(F)ccc2Br)n1. The van der Waals surface area contributed by atoms with E-state index in [1.165, 1.54) is 12.1 Å². The number of ether oxygens (including phenoxy) is 1. The van der Waals surface area contributed by atoms with Crippen LogP contribution in [0.15, 0.2) is 28.7 Å². The molecule has 1 heterocycles. The quantitative estimate of drug-likeness (QED) is 0.849.